The number of hydrogen-bond acceptors (Lipinski definition) is 4. The molecule has 1 heterocycles. The first-order chi connectivity index (χ1) is 9.93. The van der Waals surface area contributed by atoms with Gasteiger partial charge < -0.3 is 10.1 Å². The molecule has 1 aromatic rings. The van der Waals surface area contributed by atoms with Crippen LogP contribution in [0.3, 0.4) is 0 Å². The average Bonchev–Trinajstić information content (AvgIpc) is 2.45. The lowest BCUT2D eigenvalue weighted by molar-refractivity contribution is 0.0922. The highest BCUT2D eigenvalue weighted by molar-refractivity contribution is 5.22. The second-order valence-electron chi connectivity index (χ2n) is 7.07. The molecule has 0 saturated heterocycles. The summed E-state index contributed by atoms with van der Waals surface area (Å²) in [6.45, 7) is 9.82. The minimum absolute atomic E-state index is 0.0237. The minimum atomic E-state index is 0.0237. The van der Waals surface area contributed by atoms with E-state index in [-0.39, 0.29) is 11.6 Å². The molecule has 0 aliphatic heterocycles. The predicted octanol–water partition coefficient (Wildman–Crippen LogP) is 3.07. The molecule has 2 unspecified atom stereocenters. The third-order valence-corrected chi connectivity index (χ3v) is 4.14. The van der Waals surface area contributed by atoms with Crippen molar-refractivity contribution in [2.45, 2.75) is 65.0 Å². The number of methoxy groups -OCH3 is 1. The van der Waals surface area contributed by atoms with Gasteiger partial charge in [-0.05, 0) is 64.5 Å². The van der Waals surface area contributed by atoms with E-state index in [2.05, 4.69) is 38.0 Å². The van der Waals surface area contributed by atoms with Crippen molar-refractivity contribution in [3.05, 3.63) is 23.3 Å². The zero-order valence-electron chi connectivity index (χ0n) is 14.1. The second kappa shape index (κ2) is 6.84. The van der Waals surface area contributed by atoms with Gasteiger partial charge in [-0.1, -0.05) is 6.92 Å². The summed E-state index contributed by atoms with van der Waals surface area (Å²) in [5.41, 5.74) is 2.73. The number of rotatable bonds is 5. The number of ether oxygens (including phenoxy) is 1. The van der Waals surface area contributed by atoms with E-state index in [0.717, 1.165) is 31.6 Å². The number of hydrogen-bond donors (Lipinski definition) is 1. The lowest BCUT2D eigenvalue weighted by Crippen LogP contribution is -2.40. The summed E-state index contributed by atoms with van der Waals surface area (Å²) in [6, 6.07) is 0. The topological polar surface area (TPSA) is 47.0 Å². The highest BCUT2D eigenvalue weighted by Crippen LogP contribution is 2.26. The molecular weight excluding hydrogens is 262 g/mol. The quantitative estimate of drug-likeness (QED) is 0.905. The maximum atomic E-state index is 5.44. The Labute approximate surface area is 128 Å². The Morgan fingerprint density at radius 2 is 2.19 bits per heavy atom. The van der Waals surface area contributed by atoms with Crippen molar-refractivity contribution < 1.29 is 4.74 Å². The minimum Gasteiger partial charge on any atom is -0.373 e. The predicted molar refractivity (Wildman–Crippen MR) is 85.3 cm³/mol. The standard InChI is InChI=1S/C17H29N3O/c1-6-15(21-5)16-18-11-13-9-12(7-8-14(13)20-16)10-19-17(2,3)4/h11-12,15,19H,6-10H2,1-5H3. The SMILES string of the molecule is CCC(OC)c1ncc2c(n1)CCC(CNC(C)(C)C)C2. The van der Waals surface area contributed by atoms with Gasteiger partial charge in [0.1, 0.15) is 6.10 Å². The molecule has 0 amide bonds. The van der Waals surface area contributed by atoms with Gasteiger partial charge in [-0.2, -0.15) is 0 Å². The lowest BCUT2D eigenvalue weighted by atomic mass is 9.86. The summed E-state index contributed by atoms with van der Waals surface area (Å²) < 4.78 is 5.44. The van der Waals surface area contributed by atoms with Crippen molar-refractivity contribution in [3.8, 4) is 0 Å². The molecule has 1 aliphatic carbocycles. The van der Waals surface area contributed by atoms with Gasteiger partial charge in [-0.3, -0.25) is 0 Å². The van der Waals surface area contributed by atoms with E-state index in [1.54, 1.807) is 7.11 Å². The zero-order chi connectivity index (χ0) is 15.5. The molecule has 4 heteroatoms. The molecule has 1 N–H and O–H groups in total. The van der Waals surface area contributed by atoms with Gasteiger partial charge in [0, 0.05) is 24.5 Å². The first-order valence-corrected chi connectivity index (χ1v) is 8.05. The highest BCUT2D eigenvalue weighted by atomic mass is 16.5. The summed E-state index contributed by atoms with van der Waals surface area (Å²) in [5, 5.41) is 3.61. The summed E-state index contributed by atoms with van der Waals surface area (Å²) in [5.74, 6) is 1.53. The summed E-state index contributed by atoms with van der Waals surface area (Å²) in [6.07, 6.45) is 6.30. The van der Waals surface area contributed by atoms with Crippen LogP contribution in [-0.2, 0) is 17.6 Å². The van der Waals surface area contributed by atoms with Crippen molar-refractivity contribution in [2.24, 2.45) is 5.92 Å². The van der Waals surface area contributed by atoms with Crippen LogP contribution >= 0.6 is 0 Å². The van der Waals surface area contributed by atoms with E-state index in [9.17, 15) is 0 Å². The van der Waals surface area contributed by atoms with Crippen LogP contribution in [0.1, 0.15) is 63.7 Å². The van der Waals surface area contributed by atoms with Gasteiger partial charge in [0.2, 0.25) is 0 Å². The molecule has 21 heavy (non-hydrogen) atoms. The maximum absolute atomic E-state index is 5.44. The largest absolute Gasteiger partial charge is 0.373 e. The zero-order valence-corrected chi connectivity index (χ0v) is 14.1. The molecule has 0 fully saturated rings. The first kappa shape index (κ1) is 16.4. The Bertz CT molecular complexity index is 464. The van der Waals surface area contributed by atoms with E-state index >= 15 is 0 Å². The number of fused-ring (bicyclic) bond motifs is 1. The molecule has 4 nitrogen and oxygen atoms in total. The average molecular weight is 291 g/mol. The molecule has 0 radical (unpaired) electrons. The number of nitrogens with zero attached hydrogens (tertiary/aromatic N) is 2. The Morgan fingerprint density at radius 1 is 1.43 bits per heavy atom. The number of aromatic nitrogens is 2. The van der Waals surface area contributed by atoms with Crippen LogP contribution in [0.5, 0.6) is 0 Å². The van der Waals surface area contributed by atoms with Gasteiger partial charge in [0.15, 0.2) is 5.82 Å². The molecule has 1 aliphatic rings. The first-order valence-electron chi connectivity index (χ1n) is 8.05. The van der Waals surface area contributed by atoms with Crippen LogP contribution in [0, 0.1) is 5.92 Å². The molecule has 2 atom stereocenters. The van der Waals surface area contributed by atoms with Gasteiger partial charge in [-0.25, -0.2) is 9.97 Å². The van der Waals surface area contributed by atoms with Gasteiger partial charge in [0.05, 0.1) is 0 Å². The fraction of sp³-hybridized carbons (Fsp3) is 0.765. The summed E-state index contributed by atoms with van der Waals surface area (Å²) in [4.78, 5) is 9.26. The molecule has 0 saturated carbocycles. The lowest BCUT2D eigenvalue weighted by Gasteiger charge is -2.28. The van der Waals surface area contributed by atoms with Crippen molar-refractivity contribution in [3.63, 3.8) is 0 Å². The highest BCUT2D eigenvalue weighted by Gasteiger charge is 2.23. The maximum Gasteiger partial charge on any atom is 0.157 e. The van der Waals surface area contributed by atoms with Crippen molar-refractivity contribution >= 4 is 0 Å². The van der Waals surface area contributed by atoms with E-state index in [0.29, 0.717) is 5.92 Å². The molecule has 118 valence electrons. The fourth-order valence-electron chi connectivity index (χ4n) is 2.83. The van der Waals surface area contributed by atoms with Crippen molar-refractivity contribution in [1.29, 1.82) is 0 Å². The van der Waals surface area contributed by atoms with Gasteiger partial charge in [-0.15, -0.1) is 0 Å². The normalized spacial score (nSPS) is 20.1. The fourth-order valence-corrected chi connectivity index (χ4v) is 2.83. The van der Waals surface area contributed by atoms with Crippen LogP contribution in [0.4, 0.5) is 0 Å². The Balaban J connectivity index is 2.02. The molecule has 1 aromatic heterocycles. The van der Waals surface area contributed by atoms with Gasteiger partial charge in [0.25, 0.3) is 0 Å². The van der Waals surface area contributed by atoms with E-state index in [1.807, 2.05) is 6.20 Å². The Hall–Kier alpha value is -1.00. The summed E-state index contributed by atoms with van der Waals surface area (Å²) in [7, 11) is 1.73. The third-order valence-electron chi connectivity index (χ3n) is 4.14. The summed E-state index contributed by atoms with van der Waals surface area (Å²) >= 11 is 0. The Kier molecular flexibility index (Phi) is 5.33. The van der Waals surface area contributed by atoms with E-state index < -0.39 is 0 Å². The van der Waals surface area contributed by atoms with Crippen LogP contribution in [0.15, 0.2) is 6.20 Å². The number of aryl methyl sites for hydroxylation is 1. The van der Waals surface area contributed by atoms with E-state index in [4.69, 9.17) is 9.72 Å². The molecule has 2 rings (SSSR count). The van der Waals surface area contributed by atoms with Crippen LogP contribution in [-0.4, -0.2) is 29.2 Å². The third kappa shape index (κ3) is 4.48. The Morgan fingerprint density at radius 3 is 2.81 bits per heavy atom. The van der Waals surface area contributed by atoms with Crippen LogP contribution in [0.25, 0.3) is 0 Å². The van der Waals surface area contributed by atoms with Crippen molar-refractivity contribution in [1.82, 2.24) is 15.3 Å². The molecule has 0 spiro atoms. The monoisotopic (exact) mass is 291 g/mol. The molecule has 0 bridgehead atoms. The van der Waals surface area contributed by atoms with Crippen LogP contribution in [0.2, 0.25) is 0 Å². The molecule has 0 aromatic carbocycles. The van der Waals surface area contributed by atoms with Crippen LogP contribution < -0.4 is 5.32 Å². The second-order valence-corrected chi connectivity index (χ2v) is 7.07. The van der Waals surface area contributed by atoms with Crippen molar-refractivity contribution in [2.75, 3.05) is 13.7 Å². The van der Waals surface area contributed by atoms with Gasteiger partial charge >= 0.3 is 0 Å². The number of nitrogens with one attached hydrogen (secondary N) is 1. The molecular formula is C17H29N3O. The smallest absolute Gasteiger partial charge is 0.157 e. The van der Waals surface area contributed by atoms with E-state index in [1.165, 1.54) is 17.7 Å².